The summed E-state index contributed by atoms with van der Waals surface area (Å²) in [7, 11) is 0. The first kappa shape index (κ1) is 19.6. The van der Waals surface area contributed by atoms with E-state index >= 15 is 0 Å². The third-order valence-electron chi connectivity index (χ3n) is 6.34. The standard InChI is InChI=1S/C22H29N5O2/c1-16(18-6-4-3-5-7-18)22(29)26-11-8-19(9-12-26)21-24-23-20-10-13-25(17(2)28)14-15-27(20)21/h3-7,16,19H,8-15H2,1-2H3. The number of hydrogen-bond acceptors (Lipinski definition) is 4. The van der Waals surface area contributed by atoms with E-state index in [9.17, 15) is 9.59 Å². The smallest absolute Gasteiger partial charge is 0.229 e. The lowest BCUT2D eigenvalue weighted by atomic mass is 9.93. The van der Waals surface area contributed by atoms with Crippen molar-refractivity contribution in [3.05, 3.63) is 47.5 Å². The second-order valence-corrected chi connectivity index (χ2v) is 8.11. The SMILES string of the molecule is CC(=O)N1CCc2nnc(C3CCN(C(=O)C(C)c4ccccc4)CC3)n2CC1. The molecule has 4 rings (SSSR count). The van der Waals surface area contributed by atoms with Crippen LogP contribution in [-0.4, -0.2) is 62.6 Å². The van der Waals surface area contributed by atoms with Gasteiger partial charge in [0, 0.05) is 52.0 Å². The van der Waals surface area contributed by atoms with E-state index in [0.717, 1.165) is 56.1 Å². The number of carbonyl (C=O) groups excluding carboxylic acids is 2. The molecule has 1 fully saturated rings. The van der Waals surface area contributed by atoms with E-state index in [1.165, 1.54) is 0 Å². The van der Waals surface area contributed by atoms with Crippen molar-refractivity contribution in [1.29, 1.82) is 0 Å². The molecule has 1 atom stereocenters. The van der Waals surface area contributed by atoms with Crippen molar-refractivity contribution in [3.8, 4) is 0 Å². The lowest BCUT2D eigenvalue weighted by molar-refractivity contribution is -0.133. The van der Waals surface area contributed by atoms with Gasteiger partial charge in [0.05, 0.1) is 5.92 Å². The predicted octanol–water partition coefficient (Wildman–Crippen LogP) is 2.19. The lowest BCUT2D eigenvalue weighted by Crippen LogP contribution is -2.40. The van der Waals surface area contributed by atoms with E-state index in [4.69, 9.17) is 0 Å². The molecule has 3 heterocycles. The van der Waals surface area contributed by atoms with Crippen LogP contribution in [0.1, 0.15) is 55.7 Å². The molecule has 2 amide bonds. The number of fused-ring (bicyclic) bond motifs is 1. The van der Waals surface area contributed by atoms with Gasteiger partial charge < -0.3 is 14.4 Å². The second kappa shape index (κ2) is 8.35. The van der Waals surface area contributed by atoms with Crippen LogP contribution in [-0.2, 0) is 22.6 Å². The number of amides is 2. The zero-order chi connectivity index (χ0) is 20.4. The number of likely N-dealkylation sites (tertiary alicyclic amines) is 1. The third-order valence-corrected chi connectivity index (χ3v) is 6.34. The number of carbonyl (C=O) groups is 2. The minimum absolute atomic E-state index is 0.115. The molecule has 7 heteroatoms. The van der Waals surface area contributed by atoms with Crippen LogP contribution in [0, 0.1) is 0 Å². The lowest BCUT2D eigenvalue weighted by Gasteiger charge is -2.33. The Hall–Kier alpha value is -2.70. The monoisotopic (exact) mass is 395 g/mol. The zero-order valence-corrected chi connectivity index (χ0v) is 17.3. The van der Waals surface area contributed by atoms with Crippen molar-refractivity contribution < 1.29 is 9.59 Å². The third kappa shape index (κ3) is 4.04. The van der Waals surface area contributed by atoms with Crippen molar-refractivity contribution in [3.63, 3.8) is 0 Å². The predicted molar refractivity (Wildman–Crippen MR) is 109 cm³/mol. The van der Waals surface area contributed by atoms with Crippen LogP contribution in [0.3, 0.4) is 0 Å². The zero-order valence-electron chi connectivity index (χ0n) is 17.3. The normalized spacial score (nSPS) is 18.8. The number of aromatic nitrogens is 3. The molecule has 154 valence electrons. The molecule has 29 heavy (non-hydrogen) atoms. The molecule has 1 aromatic carbocycles. The van der Waals surface area contributed by atoms with Crippen molar-refractivity contribution in [2.75, 3.05) is 26.2 Å². The van der Waals surface area contributed by atoms with Crippen LogP contribution in [0.5, 0.6) is 0 Å². The number of hydrogen-bond donors (Lipinski definition) is 0. The highest BCUT2D eigenvalue weighted by Gasteiger charge is 2.31. The van der Waals surface area contributed by atoms with Gasteiger partial charge in [-0.3, -0.25) is 9.59 Å². The molecule has 1 saturated heterocycles. The Balaban J connectivity index is 1.39. The van der Waals surface area contributed by atoms with Gasteiger partial charge in [-0.15, -0.1) is 10.2 Å². The first-order valence-electron chi connectivity index (χ1n) is 10.6. The van der Waals surface area contributed by atoms with Gasteiger partial charge in [-0.25, -0.2) is 0 Å². The Morgan fingerprint density at radius 1 is 0.966 bits per heavy atom. The van der Waals surface area contributed by atoms with Crippen LogP contribution in [0.25, 0.3) is 0 Å². The van der Waals surface area contributed by atoms with Gasteiger partial charge >= 0.3 is 0 Å². The molecule has 1 aromatic heterocycles. The Labute approximate surface area is 171 Å². The summed E-state index contributed by atoms with van der Waals surface area (Å²) in [6, 6.07) is 9.98. The van der Waals surface area contributed by atoms with Gasteiger partial charge in [0.25, 0.3) is 0 Å². The van der Waals surface area contributed by atoms with E-state index in [0.29, 0.717) is 19.0 Å². The summed E-state index contributed by atoms with van der Waals surface area (Å²) in [5, 5.41) is 8.89. The maximum atomic E-state index is 12.9. The highest BCUT2D eigenvalue weighted by molar-refractivity contribution is 5.83. The molecular formula is C22H29N5O2. The molecule has 2 aromatic rings. The minimum atomic E-state index is -0.116. The quantitative estimate of drug-likeness (QED) is 0.799. The molecule has 2 aliphatic heterocycles. The van der Waals surface area contributed by atoms with E-state index in [2.05, 4.69) is 14.8 Å². The van der Waals surface area contributed by atoms with E-state index in [-0.39, 0.29) is 17.7 Å². The summed E-state index contributed by atoms with van der Waals surface area (Å²) < 4.78 is 2.21. The number of benzene rings is 1. The van der Waals surface area contributed by atoms with Crippen LogP contribution < -0.4 is 0 Å². The van der Waals surface area contributed by atoms with Crippen LogP contribution in [0.15, 0.2) is 30.3 Å². The minimum Gasteiger partial charge on any atom is -0.342 e. The average Bonchev–Trinajstić information content (AvgIpc) is 3.03. The van der Waals surface area contributed by atoms with Crippen molar-refractivity contribution in [2.45, 2.75) is 51.5 Å². The topological polar surface area (TPSA) is 71.3 Å². The summed E-state index contributed by atoms with van der Waals surface area (Å²) in [5.74, 6) is 2.51. The maximum Gasteiger partial charge on any atom is 0.229 e. The fourth-order valence-electron chi connectivity index (χ4n) is 4.48. The summed E-state index contributed by atoms with van der Waals surface area (Å²) in [6.07, 6.45) is 2.56. The molecule has 0 spiro atoms. The molecule has 0 aliphatic carbocycles. The van der Waals surface area contributed by atoms with Crippen molar-refractivity contribution in [2.24, 2.45) is 0 Å². The van der Waals surface area contributed by atoms with Gasteiger partial charge in [-0.1, -0.05) is 30.3 Å². The molecular weight excluding hydrogens is 366 g/mol. The number of rotatable bonds is 3. The van der Waals surface area contributed by atoms with Crippen LogP contribution in [0.2, 0.25) is 0 Å². The van der Waals surface area contributed by atoms with Crippen molar-refractivity contribution >= 4 is 11.8 Å². The van der Waals surface area contributed by atoms with E-state index in [1.54, 1.807) is 6.92 Å². The molecule has 2 aliphatic rings. The summed E-state index contributed by atoms with van der Waals surface area (Å²) in [5.41, 5.74) is 1.07. The first-order chi connectivity index (χ1) is 14.0. The molecule has 0 radical (unpaired) electrons. The summed E-state index contributed by atoms with van der Waals surface area (Å²) >= 11 is 0. The Kier molecular flexibility index (Phi) is 5.65. The Bertz CT molecular complexity index is 871. The first-order valence-corrected chi connectivity index (χ1v) is 10.6. The highest BCUT2D eigenvalue weighted by atomic mass is 16.2. The summed E-state index contributed by atoms with van der Waals surface area (Å²) in [4.78, 5) is 28.5. The van der Waals surface area contributed by atoms with Crippen LogP contribution >= 0.6 is 0 Å². The largest absolute Gasteiger partial charge is 0.342 e. The molecule has 0 saturated carbocycles. The van der Waals surface area contributed by atoms with Crippen molar-refractivity contribution in [1.82, 2.24) is 24.6 Å². The van der Waals surface area contributed by atoms with E-state index in [1.807, 2.05) is 47.1 Å². The Morgan fingerprint density at radius 3 is 2.38 bits per heavy atom. The molecule has 7 nitrogen and oxygen atoms in total. The van der Waals surface area contributed by atoms with Gasteiger partial charge in [0.2, 0.25) is 11.8 Å². The highest BCUT2D eigenvalue weighted by Crippen LogP contribution is 2.30. The fourth-order valence-corrected chi connectivity index (χ4v) is 4.48. The number of piperidine rings is 1. The van der Waals surface area contributed by atoms with Gasteiger partial charge in [-0.05, 0) is 25.3 Å². The van der Waals surface area contributed by atoms with Crippen LogP contribution in [0.4, 0.5) is 0 Å². The second-order valence-electron chi connectivity index (χ2n) is 8.11. The number of nitrogens with zero attached hydrogens (tertiary/aromatic N) is 5. The van der Waals surface area contributed by atoms with Gasteiger partial charge in [0.1, 0.15) is 11.6 Å². The fraction of sp³-hybridized carbons (Fsp3) is 0.545. The van der Waals surface area contributed by atoms with Gasteiger partial charge in [0.15, 0.2) is 0 Å². The van der Waals surface area contributed by atoms with E-state index < -0.39 is 0 Å². The molecule has 0 bridgehead atoms. The van der Waals surface area contributed by atoms with Gasteiger partial charge in [-0.2, -0.15) is 0 Å². The Morgan fingerprint density at radius 2 is 1.69 bits per heavy atom. The summed E-state index contributed by atoms with van der Waals surface area (Å²) in [6.45, 7) is 7.28. The average molecular weight is 396 g/mol. The maximum absolute atomic E-state index is 12.9. The molecule has 0 N–H and O–H groups in total. The molecule has 1 unspecified atom stereocenters.